The van der Waals surface area contributed by atoms with Gasteiger partial charge in [-0.25, -0.2) is 28.2 Å². The lowest BCUT2D eigenvalue weighted by atomic mass is 10.1. The molecule has 0 aliphatic carbocycles. The van der Waals surface area contributed by atoms with Crippen molar-refractivity contribution >= 4 is 38.5 Å². The number of nitrogen functional groups attached to an aromatic ring is 1. The number of benzene rings is 1. The first-order chi connectivity index (χ1) is 16.7. The van der Waals surface area contributed by atoms with Crippen molar-refractivity contribution in [1.82, 2.24) is 19.7 Å². The molecule has 1 amide bonds. The van der Waals surface area contributed by atoms with E-state index >= 15 is 0 Å². The molecule has 0 unspecified atom stereocenters. The van der Waals surface area contributed by atoms with Gasteiger partial charge in [-0.15, -0.1) is 0 Å². The lowest BCUT2D eigenvalue weighted by molar-refractivity contribution is 0.101. The van der Waals surface area contributed by atoms with E-state index in [1.807, 2.05) is 0 Å². The zero-order valence-corrected chi connectivity index (χ0v) is 19.2. The summed E-state index contributed by atoms with van der Waals surface area (Å²) in [5.74, 6) is 0.0471. The summed E-state index contributed by atoms with van der Waals surface area (Å²) in [6.45, 7) is 1.76. The predicted molar refractivity (Wildman–Crippen MR) is 129 cm³/mol. The maximum atomic E-state index is 13.1. The van der Waals surface area contributed by atoms with E-state index in [0.29, 0.717) is 33.5 Å². The third kappa shape index (κ3) is 4.11. The zero-order chi connectivity index (χ0) is 24.7. The number of aryl methyl sites for hydroxylation is 1. The van der Waals surface area contributed by atoms with Crippen LogP contribution in [0.3, 0.4) is 0 Å². The number of hydrogen-bond donors (Lipinski definition) is 3. The Morgan fingerprint density at radius 2 is 1.91 bits per heavy atom. The Labute approximate surface area is 199 Å². The molecule has 0 spiro atoms. The summed E-state index contributed by atoms with van der Waals surface area (Å²) in [5, 5.41) is 13.0. The number of hydrogen-bond acceptors (Lipinski definition) is 8. The molecule has 0 saturated carbocycles. The highest BCUT2D eigenvalue weighted by Gasteiger charge is 2.21. The van der Waals surface area contributed by atoms with Gasteiger partial charge in [-0.2, -0.15) is 5.10 Å². The number of carbonyl (C=O) groups is 1. The van der Waals surface area contributed by atoms with Crippen molar-refractivity contribution in [2.24, 2.45) is 5.14 Å². The minimum absolute atomic E-state index is 0.0148. The fourth-order valence-electron chi connectivity index (χ4n) is 3.75. The third-order valence-electron chi connectivity index (χ3n) is 5.30. The molecule has 176 valence electrons. The minimum atomic E-state index is -3.92. The molecule has 0 saturated heterocycles. The first-order valence-electron chi connectivity index (χ1n) is 10.3. The van der Waals surface area contributed by atoms with E-state index in [0.717, 1.165) is 0 Å². The van der Waals surface area contributed by atoms with Crippen LogP contribution in [0.5, 0.6) is 0 Å². The number of carbonyl (C=O) groups excluding carboxylic acids is 1. The number of aromatic nitrogens is 4. The Morgan fingerprint density at radius 3 is 2.66 bits per heavy atom. The van der Waals surface area contributed by atoms with Crippen molar-refractivity contribution in [3.63, 3.8) is 0 Å². The number of nitrogens with zero attached hydrogens (tertiary/aromatic N) is 4. The number of pyridine rings is 2. The molecular weight excluding hydrogens is 470 g/mol. The van der Waals surface area contributed by atoms with Crippen molar-refractivity contribution in [2.45, 2.75) is 11.8 Å². The van der Waals surface area contributed by atoms with Gasteiger partial charge in [0.2, 0.25) is 10.0 Å². The van der Waals surface area contributed by atoms with Gasteiger partial charge >= 0.3 is 0 Å². The molecule has 0 atom stereocenters. The quantitative estimate of drug-likeness (QED) is 0.338. The van der Waals surface area contributed by atoms with Crippen molar-refractivity contribution in [2.75, 3.05) is 11.1 Å². The molecule has 0 aliphatic heterocycles. The largest absolute Gasteiger partial charge is 0.462 e. The summed E-state index contributed by atoms with van der Waals surface area (Å²) in [5.41, 5.74) is 8.80. The van der Waals surface area contributed by atoms with Crippen LogP contribution in [0.4, 0.5) is 11.6 Å². The van der Waals surface area contributed by atoms with E-state index in [2.05, 4.69) is 20.4 Å². The van der Waals surface area contributed by atoms with E-state index in [-0.39, 0.29) is 22.2 Å². The van der Waals surface area contributed by atoms with E-state index in [9.17, 15) is 13.2 Å². The van der Waals surface area contributed by atoms with Crippen LogP contribution >= 0.6 is 0 Å². The molecular formula is C23H19N7O4S. The number of rotatable bonds is 5. The molecule has 5 N–H and O–H groups in total. The molecule has 1 aromatic carbocycles. The lowest BCUT2D eigenvalue weighted by Crippen LogP contribution is -2.17. The number of nitrogens with two attached hydrogens (primary N) is 2. The lowest BCUT2D eigenvalue weighted by Gasteiger charge is -2.10. The average Bonchev–Trinajstić information content (AvgIpc) is 3.43. The Balaban J connectivity index is 1.45. The van der Waals surface area contributed by atoms with Gasteiger partial charge in [0.05, 0.1) is 16.0 Å². The molecule has 11 nitrogen and oxygen atoms in total. The molecule has 5 rings (SSSR count). The van der Waals surface area contributed by atoms with Gasteiger partial charge in [0.15, 0.2) is 0 Å². The summed E-state index contributed by atoms with van der Waals surface area (Å²) in [6.07, 6.45) is 4.45. The van der Waals surface area contributed by atoms with Crippen molar-refractivity contribution < 1.29 is 17.6 Å². The number of amides is 1. The number of sulfonamides is 1. The Bertz CT molecular complexity index is 1690. The van der Waals surface area contributed by atoms with Gasteiger partial charge in [0.25, 0.3) is 5.91 Å². The SMILES string of the molecule is Cc1cc(C(=O)Nc2ccc(-c3ccccc3S(N)(=O)=O)cn2)n(-c2coc3ccnc(N)c23)n1. The maximum absolute atomic E-state index is 13.1. The number of primary sulfonamides is 1. The summed E-state index contributed by atoms with van der Waals surface area (Å²) < 4.78 is 30.8. The van der Waals surface area contributed by atoms with Gasteiger partial charge in [-0.05, 0) is 37.3 Å². The Hall–Kier alpha value is -4.55. The zero-order valence-electron chi connectivity index (χ0n) is 18.3. The van der Waals surface area contributed by atoms with Crippen molar-refractivity contribution in [3.8, 4) is 16.8 Å². The van der Waals surface area contributed by atoms with E-state index in [4.69, 9.17) is 15.3 Å². The molecule has 35 heavy (non-hydrogen) atoms. The van der Waals surface area contributed by atoms with Gasteiger partial charge in [-0.3, -0.25) is 4.79 Å². The molecule has 12 heteroatoms. The third-order valence-corrected chi connectivity index (χ3v) is 6.27. The fourth-order valence-corrected chi connectivity index (χ4v) is 4.52. The number of fused-ring (bicyclic) bond motifs is 1. The van der Waals surface area contributed by atoms with Crippen LogP contribution in [-0.4, -0.2) is 34.1 Å². The normalized spacial score (nSPS) is 11.6. The van der Waals surface area contributed by atoms with Crippen LogP contribution in [0.2, 0.25) is 0 Å². The predicted octanol–water partition coefficient (Wildman–Crippen LogP) is 2.87. The van der Waals surface area contributed by atoms with Gasteiger partial charge in [-0.1, -0.05) is 18.2 Å². The van der Waals surface area contributed by atoms with E-state index in [1.165, 1.54) is 29.4 Å². The first-order valence-corrected chi connectivity index (χ1v) is 11.9. The summed E-state index contributed by atoms with van der Waals surface area (Å²) in [6, 6.07) is 12.8. The van der Waals surface area contributed by atoms with Crippen LogP contribution in [0, 0.1) is 6.92 Å². The number of anilines is 2. The standard InChI is InChI=1S/C23H19N7O4S/c1-13-10-16(30(29-13)17-12-34-18-8-9-26-22(24)21(17)18)23(31)28-20-7-6-14(11-27-20)15-4-2-3-5-19(15)35(25,32)33/h2-12H,1H3,(H2,24,26)(H2,25,32,33)(H,27,28,31). The molecule has 0 bridgehead atoms. The summed E-state index contributed by atoms with van der Waals surface area (Å²) in [7, 11) is -3.92. The monoisotopic (exact) mass is 489 g/mol. The van der Waals surface area contributed by atoms with Crippen LogP contribution in [0.15, 0.2) is 76.5 Å². The second kappa shape index (κ2) is 8.34. The number of furan rings is 1. The van der Waals surface area contributed by atoms with Crippen LogP contribution in [0.1, 0.15) is 16.2 Å². The molecule has 4 aromatic heterocycles. The van der Waals surface area contributed by atoms with Crippen molar-refractivity contribution in [3.05, 3.63) is 78.6 Å². The highest BCUT2D eigenvalue weighted by atomic mass is 32.2. The minimum Gasteiger partial charge on any atom is -0.462 e. The van der Waals surface area contributed by atoms with Crippen molar-refractivity contribution in [1.29, 1.82) is 0 Å². The average molecular weight is 490 g/mol. The second-order valence-corrected chi connectivity index (χ2v) is 9.23. The van der Waals surface area contributed by atoms with Crippen LogP contribution in [0.25, 0.3) is 27.8 Å². The first kappa shape index (κ1) is 22.3. The van der Waals surface area contributed by atoms with Gasteiger partial charge < -0.3 is 15.5 Å². The van der Waals surface area contributed by atoms with E-state index in [1.54, 1.807) is 49.4 Å². The summed E-state index contributed by atoms with van der Waals surface area (Å²) in [4.78, 5) is 21.5. The molecule has 0 fully saturated rings. The second-order valence-electron chi connectivity index (χ2n) is 7.70. The van der Waals surface area contributed by atoms with Gasteiger partial charge in [0, 0.05) is 23.5 Å². The Morgan fingerprint density at radius 1 is 1.11 bits per heavy atom. The topological polar surface area (TPSA) is 172 Å². The Kier molecular flexibility index (Phi) is 5.30. The highest BCUT2D eigenvalue weighted by Crippen LogP contribution is 2.30. The molecule has 0 aliphatic rings. The smallest absolute Gasteiger partial charge is 0.275 e. The maximum Gasteiger partial charge on any atom is 0.275 e. The number of nitrogens with one attached hydrogen (secondary N) is 1. The molecule has 4 heterocycles. The van der Waals surface area contributed by atoms with Gasteiger partial charge in [0.1, 0.15) is 34.9 Å². The van der Waals surface area contributed by atoms with Crippen LogP contribution < -0.4 is 16.2 Å². The van der Waals surface area contributed by atoms with E-state index < -0.39 is 15.9 Å². The molecule has 5 aromatic rings. The molecule has 0 radical (unpaired) electrons. The summed E-state index contributed by atoms with van der Waals surface area (Å²) >= 11 is 0. The fraction of sp³-hybridized carbons (Fsp3) is 0.0435. The highest BCUT2D eigenvalue weighted by molar-refractivity contribution is 7.89. The van der Waals surface area contributed by atoms with Crippen LogP contribution in [-0.2, 0) is 10.0 Å².